The molecule has 34 heavy (non-hydrogen) atoms. The summed E-state index contributed by atoms with van der Waals surface area (Å²) in [6.45, 7) is 20.2. The van der Waals surface area contributed by atoms with Gasteiger partial charge in [-0.25, -0.2) is 0 Å². The highest BCUT2D eigenvalue weighted by atomic mass is 16.4. The molecular weight excluding hydrogens is 416 g/mol. The van der Waals surface area contributed by atoms with Crippen LogP contribution in [0.25, 0.3) is 0 Å². The summed E-state index contributed by atoms with van der Waals surface area (Å²) in [5.41, 5.74) is 2.54. The third-order valence-electron chi connectivity index (χ3n) is 13.8. The molecule has 5 aliphatic rings. The zero-order chi connectivity index (χ0) is 24.9. The minimum atomic E-state index is -0.521. The van der Waals surface area contributed by atoms with Gasteiger partial charge >= 0.3 is 5.97 Å². The molecule has 0 saturated heterocycles. The topological polar surface area (TPSA) is 37.3 Å². The lowest BCUT2D eigenvalue weighted by Gasteiger charge is -2.71. The smallest absolute Gasteiger partial charge is 0.310 e. The average molecular weight is 469 g/mol. The first-order valence-corrected chi connectivity index (χ1v) is 14.6. The van der Waals surface area contributed by atoms with E-state index >= 15 is 0 Å². The van der Waals surface area contributed by atoms with Gasteiger partial charge in [-0.15, -0.1) is 0 Å². The maximum absolute atomic E-state index is 12.8. The summed E-state index contributed by atoms with van der Waals surface area (Å²) in [7, 11) is 0. The van der Waals surface area contributed by atoms with Crippen LogP contribution in [0.3, 0.4) is 0 Å². The van der Waals surface area contributed by atoms with E-state index in [1.165, 1.54) is 38.5 Å². The van der Waals surface area contributed by atoms with Crippen LogP contribution in [0.4, 0.5) is 0 Å². The van der Waals surface area contributed by atoms with Gasteiger partial charge in [0.25, 0.3) is 0 Å². The van der Waals surface area contributed by atoms with Crippen LogP contribution in [0.1, 0.15) is 126 Å². The average Bonchev–Trinajstić information content (AvgIpc) is 2.73. The van der Waals surface area contributed by atoms with Crippen LogP contribution in [0.2, 0.25) is 0 Å². The Hall–Kier alpha value is -0.790. The van der Waals surface area contributed by atoms with Crippen LogP contribution < -0.4 is 0 Å². The molecule has 0 aliphatic heterocycles. The summed E-state index contributed by atoms with van der Waals surface area (Å²) in [5.74, 6) is 2.10. The van der Waals surface area contributed by atoms with Crippen LogP contribution in [0.5, 0.6) is 0 Å². The second-order valence-corrected chi connectivity index (χ2v) is 15.6. The van der Waals surface area contributed by atoms with Gasteiger partial charge in [0.2, 0.25) is 0 Å². The largest absolute Gasteiger partial charge is 0.481 e. The summed E-state index contributed by atoms with van der Waals surface area (Å²) in [6.07, 6.45) is 15.5. The molecule has 5 rings (SSSR count). The number of carboxylic acid groups (broad SMARTS) is 1. The molecule has 0 spiro atoms. The second kappa shape index (κ2) is 7.38. The van der Waals surface area contributed by atoms with Crippen molar-refractivity contribution in [1.82, 2.24) is 0 Å². The van der Waals surface area contributed by atoms with E-state index in [4.69, 9.17) is 0 Å². The zero-order valence-electron chi connectivity index (χ0n) is 23.5. The van der Waals surface area contributed by atoms with Crippen molar-refractivity contribution in [2.45, 2.75) is 126 Å². The molecule has 5 aliphatic carbocycles. The second-order valence-electron chi connectivity index (χ2n) is 15.6. The highest BCUT2D eigenvalue weighted by Gasteiger charge is 2.69. The van der Waals surface area contributed by atoms with E-state index in [0.717, 1.165) is 49.9 Å². The van der Waals surface area contributed by atoms with Crippen molar-refractivity contribution in [2.75, 3.05) is 0 Å². The lowest BCUT2D eigenvalue weighted by atomic mass is 9.33. The van der Waals surface area contributed by atoms with Gasteiger partial charge in [0.15, 0.2) is 0 Å². The number of hydrogen-bond acceptors (Lipinski definition) is 1. The molecule has 8 atom stereocenters. The monoisotopic (exact) mass is 468 g/mol. The Bertz CT molecular complexity index is 897. The number of rotatable bonds is 2. The first kappa shape index (κ1) is 24.9. The fraction of sp³-hybridized carbons (Fsp3) is 0.906. The summed E-state index contributed by atoms with van der Waals surface area (Å²) in [5, 5.41) is 10.5. The van der Waals surface area contributed by atoms with Crippen molar-refractivity contribution < 1.29 is 9.90 Å². The maximum atomic E-state index is 12.8. The molecule has 2 heteroatoms. The minimum absolute atomic E-state index is 0.146. The van der Waals surface area contributed by atoms with Crippen LogP contribution in [0, 0.1) is 56.2 Å². The molecule has 192 valence electrons. The molecule has 0 aromatic carbocycles. The van der Waals surface area contributed by atoms with Crippen LogP contribution >= 0.6 is 0 Å². The standard InChI is InChI=1S/C32H52O2/c1-9-21-12-14-29(6)24(28(21,4)5)13-15-31(8)25(29)11-10-22-23-20-27(2,3)16-18-32(23,26(33)34)19-17-30(22,31)7/h10,21,23-25H,9,11-20H2,1-8H3,(H,33,34)/t21-,23-,24-,25+,29-,30+,31+,32-/m0/s1. The van der Waals surface area contributed by atoms with E-state index in [1.807, 2.05) is 0 Å². The molecule has 2 nitrogen and oxygen atoms in total. The number of allylic oxidation sites excluding steroid dienone is 2. The first-order valence-electron chi connectivity index (χ1n) is 14.6. The summed E-state index contributed by atoms with van der Waals surface area (Å²) >= 11 is 0. The Morgan fingerprint density at radius 2 is 1.59 bits per heavy atom. The zero-order valence-corrected chi connectivity index (χ0v) is 23.5. The van der Waals surface area contributed by atoms with Gasteiger partial charge in [0.05, 0.1) is 5.41 Å². The van der Waals surface area contributed by atoms with Crippen LogP contribution in [-0.2, 0) is 4.79 Å². The quantitative estimate of drug-likeness (QED) is 0.411. The van der Waals surface area contributed by atoms with Gasteiger partial charge in [0.1, 0.15) is 0 Å². The van der Waals surface area contributed by atoms with E-state index in [9.17, 15) is 9.90 Å². The lowest BCUT2D eigenvalue weighted by molar-refractivity contribution is -0.196. The van der Waals surface area contributed by atoms with E-state index in [0.29, 0.717) is 10.8 Å². The number of carbonyl (C=O) groups is 1. The lowest BCUT2D eigenvalue weighted by Crippen LogP contribution is -2.64. The Labute approximate surface area is 209 Å². The first-order chi connectivity index (χ1) is 15.7. The highest BCUT2D eigenvalue weighted by molar-refractivity contribution is 5.76. The fourth-order valence-electron chi connectivity index (χ4n) is 11.4. The number of hydrogen-bond donors (Lipinski definition) is 1. The molecule has 0 aromatic heterocycles. The van der Waals surface area contributed by atoms with Crippen molar-refractivity contribution in [1.29, 1.82) is 0 Å². The molecule has 4 saturated carbocycles. The third-order valence-corrected chi connectivity index (χ3v) is 13.8. The molecule has 0 radical (unpaired) electrons. The molecule has 0 bridgehead atoms. The number of fused-ring (bicyclic) bond motifs is 7. The molecule has 4 fully saturated rings. The fourth-order valence-corrected chi connectivity index (χ4v) is 11.4. The van der Waals surface area contributed by atoms with Gasteiger partial charge in [-0.05, 0) is 115 Å². The van der Waals surface area contributed by atoms with E-state index < -0.39 is 11.4 Å². The molecular formula is C32H52O2. The summed E-state index contributed by atoms with van der Waals surface area (Å²) < 4.78 is 0. The Morgan fingerprint density at radius 1 is 0.912 bits per heavy atom. The van der Waals surface area contributed by atoms with E-state index in [1.54, 1.807) is 5.57 Å². The van der Waals surface area contributed by atoms with Gasteiger partial charge in [-0.2, -0.15) is 0 Å². The highest BCUT2D eigenvalue weighted by Crippen LogP contribution is 2.76. The Kier molecular flexibility index (Phi) is 5.40. The van der Waals surface area contributed by atoms with E-state index in [-0.39, 0.29) is 22.2 Å². The normalized spacial score (nSPS) is 51.2. The molecule has 0 aromatic rings. The minimum Gasteiger partial charge on any atom is -0.481 e. The predicted molar refractivity (Wildman–Crippen MR) is 140 cm³/mol. The Balaban J connectivity index is 1.58. The number of aliphatic carboxylic acids is 1. The van der Waals surface area contributed by atoms with Crippen molar-refractivity contribution in [3.63, 3.8) is 0 Å². The van der Waals surface area contributed by atoms with Crippen molar-refractivity contribution >= 4 is 5.97 Å². The molecule has 1 N–H and O–H groups in total. The summed E-state index contributed by atoms with van der Waals surface area (Å²) in [6, 6.07) is 0. The third kappa shape index (κ3) is 2.95. The molecule has 0 amide bonds. The van der Waals surface area contributed by atoms with Crippen LogP contribution in [0.15, 0.2) is 11.6 Å². The van der Waals surface area contributed by atoms with Gasteiger partial charge in [-0.1, -0.05) is 73.5 Å². The maximum Gasteiger partial charge on any atom is 0.310 e. The van der Waals surface area contributed by atoms with Gasteiger partial charge < -0.3 is 5.11 Å². The van der Waals surface area contributed by atoms with Crippen molar-refractivity contribution in [2.24, 2.45) is 56.2 Å². The van der Waals surface area contributed by atoms with Crippen molar-refractivity contribution in [3.05, 3.63) is 11.6 Å². The van der Waals surface area contributed by atoms with Crippen molar-refractivity contribution in [3.8, 4) is 0 Å². The SMILES string of the molecule is CC[C@H]1CC[C@]2(C)[C@H]3CC=C4[C@@H]5CC(C)(C)CC[C@]5(C(=O)O)CC[C@@]4(C)[C@]3(C)CC[C@H]2C1(C)C. The summed E-state index contributed by atoms with van der Waals surface area (Å²) in [4.78, 5) is 12.8. The van der Waals surface area contributed by atoms with Gasteiger partial charge in [0, 0.05) is 0 Å². The van der Waals surface area contributed by atoms with E-state index in [2.05, 4.69) is 61.5 Å². The Morgan fingerprint density at radius 3 is 2.24 bits per heavy atom. The molecule has 0 heterocycles. The van der Waals surface area contributed by atoms with Gasteiger partial charge in [-0.3, -0.25) is 4.79 Å². The van der Waals surface area contributed by atoms with Crippen LogP contribution in [-0.4, -0.2) is 11.1 Å². The molecule has 0 unspecified atom stereocenters. The number of carboxylic acids is 1. The predicted octanol–water partition coefficient (Wildman–Crippen LogP) is 8.90.